The van der Waals surface area contributed by atoms with Gasteiger partial charge >= 0.3 is 5.97 Å². The topological polar surface area (TPSA) is 26.3 Å². The molecule has 0 N–H and O–H groups in total. The monoisotopic (exact) mass is 274 g/mol. The van der Waals surface area contributed by atoms with Gasteiger partial charge in [-0.15, -0.1) is 0 Å². The molecule has 0 spiro atoms. The summed E-state index contributed by atoms with van der Waals surface area (Å²) < 4.78 is 5.13. The van der Waals surface area contributed by atoms with Gasteiger partial charge in [0.15, 0.2) is 0 Å². The van der Waals surface area contributed by atoms with Crippen LogP contribution in [0, 0.1) is 0 Å². The van der Waals surface area contributed by atoms with Crippen molar-refractivity contribution in [3.8, 4) is 0 Å². The van der Waals surface area contributed by atoms with Crippen molar-refractivity contribution in [2.24, 2.45) is 0 Å². The summed E-state index contributed by atoms with van der Waals surface area (Å²) >= 11 is 11.6. The molecule has 0 saturated heterocycles. The zero-order valence-electron chi connectivity index (χ0n) is 9.84. The minimum Gasteiger partial charge on any atom is -0.461 e. The number of esters is 1. The maximum Gasteiger partial charge on any atom is 0.306 e. The SMILES string of the molecule is CCCCCC(=O)OCc1ccc(Cl)c(Cl)c1. The smallest absolute Gasteiger partial charge is 0.306 e. The number of carbonyl (C=O) groups excluding carboxylic acids is 1. The van der Waals surface area contributed by atoms with Crippen LogP contribution in [0.25, 0.3) is 0 Å². The Labute approximate surface area is 112 Å². The molecule has 0 bridgehead atoms. The molecule has 0 aromatic heterocycles. The number of halogens is 2. The van der Waals surface area contributed by atoms with E-state index in [-0.39, 0.29) is 12.6 Å². The lowest BCUT2D eigenvalue weighted by atomic mass is 10.2. The van der Waals surface area contributed by atoms with Crippen LogP contribution in [0.3, 0.4) is 0 Å². The van der Waals surface area contributed by atoms with E-state index in [9.17, 15) is 4.79 Å². The fourth-order valence-corrected chi connectivity index (χ4v) is 1.71. The Kier molecular flexibility index (Phi) is 6.38. The molecule has 0 aliphatic heterocycles. The second kappa shape index (κ2) is 7.57. The van der Waals surface area contributed by atoms with Gasteiger partial charge in [0.2, 0.25) is 0 Å². The molecule has 0 aliphatic rings. The van der Waals surface area contributed by atoms with E-state index in [1.54, 1.807) is 18.2 Å². The standard InChI is InChI=1S/C13H16Cl2O2/c1-2-3-4-5-13(16)17-9-10-6-7-11(14)12(15)8-10/h6-8H,2-5,9H2,1H3. The normalized spacial score (nSPS) is 10.3. The fourth-order valence-electron chi connectivity index (χ4n) is 1.38. The second-order valence-electron chi connectivity index (χ2n) is 3.87. The largest absolute Gasteiger partial charge is 0.461 e. The molecular formula is C13H16Cl2O2. The lowest BCUT2D eigenvalue weighted by Crippen LogP contribution is -2.04. The van der Waals surface area contributed by atoms with E-state index >= 15 is 0 Å². The van der Waals surface area contributed by atoms with Crippen LogP contribution >= 0.6 is 23.2 Å². The minimum absolute atomic E-state index is 0.162. The molecule has 0 unspecified atom stereocenters. The average molecular weight is 275 g/mol. The van der Waals surface area contributed by atoms with Crippen molar-refractivity contribution in [3.63, 3.8) is 0 Å². The second-order valence-corrected chi connectivity index (χ2v) is 4.68. The van der Waals surface area contributed by atoms with Crippen LogP contribution in [-0.2, 0) is 16.1 Å². The summed E-state index contributed by atoms with van der Waals surface area (Å²) in [7, 11) is 0. The Balaban J connectivity index is 2.34. The molecule has 1 aromatic carbocycles. The van der Waals surface area contributed by atoms with Gasteiger partial charge in [0, 0.05) is 6.42 Å². The van der Waals surface area contributed by atoms with Crippen LogP contribution in [0.5, 0.6) is 0 Å². The van der Waals surface area contributed by atoms with Crippen LogP contribution in [0.4, 0.5) is 0 Å². The lowest BCUT2D eigenvalue weighted by Gasteiger charge is -2.05. The van der Waals surface area contributed by atoms with Crippen molar-refractivity contribution < 1.29 is 9.53 Å². The van der Waals surface area contributed by atoms with E-state index in [1.807, 2.05) is 0 Å². The molecule has 0 fully saturated rings. The molecule has 17 heavy (non-hydrogen) atoms. The number of ether oxygens (including phenoxy) is 1. The van der Waals surface area contributed by atoms with E-state index in [4.69, 9.17) is 27.9 Å². The van der Waals surface area contributed by atoms with E-state index in [2.05, 4.69) is 6.92 Å². The fraction of sp³-hybridized carbons (Fsp3) is 0.462. The average Bonchev–Trinajstić information content (AvgIpc) is 2.31. The van der Waals surface area contributed by atoms with Crippen LogP contribution in [0.15, 0.2) is 18.2 Å². The first-order valence-corrected chi connectivity index (χ1v) is 6.48. The molecule has 1 rings (SSSR count). The van der Waals surface area contributed by atoms with Crippen LogP contribution in [-0.4, -0.2) is 5.97 Å². The van der Waals surface area contributed by atoms with E-state index in [0.717, 1.165) is 24.8 Å². The van der Waals surface area contributed by atoms with Gasteiger partial charge in [-0.1, -0.05) is 49.0 Å². The third-order valence-electron chi connectivity index (χ3n) is 2.37. The number of rotatable bonds is 6. The van der Waals surface area contributed by atoms with Crippen LogP contribution in [0.1, 0.15) is 38.2 Å². The van der Waals surface area contributed by atoms with Crippen molar-refractivity contribution in [3.05, 3.63) is 33.8 Å². The molecule has 0 heterocycles. The Hall–Kier alpha value is -0.730. The van der Waals surface area contributed by atoms with E-state index in [0.29, 0.717) is 16.5 Å². The Morgan fingerprint density at radius 1 is 1.24 bits per heavy atom. The summed E-state index contributed by atoms with van der Waals surface area (Å²) in [4.78, 5) is 11.4. The number of carbonyl (C=O) groups is 1. The predicted molar refractivity (Wildman–Crippen MR) is 70.4 cm³/mol. The molecule has 0 amide bonds. The quantitative estimate of drug-likeness (QED) is 0.559. The van der Waals surface area contributed by atoms with Crippen molar-refractivity contribution in [1.82, 2.24) is 0 Å². The first kappa shape index (κ1) is 14.3. The lowest BCUT2D eigenvalue weighted by molar-refractivity contribution is -0.145. The zero-order valence-corrected chi connectivity index (χ0v) is 11.4. The predicted octanol–water partition coefficient (Wildman–Crippen LogP) is 4.62. The molecule has 94 valence electrons. The van der Waals surface area contributed by atoms with Gasteiger partial charge in [-0.3, -0.25) is 4.79 Å². The first-order chi connectivity index (χ1) is 8.13. The van der Waals surface area contributed by atoms with Crippen LogP contribution < -0.4 is 0 Å². The van der Waals surface area contributed by atoms with Gasteiger partial charge < -0.3 is 4.74 Å². The highest BCUT2D eigenvalue weighted by molar-refractivity contribution is 6.42. The number of hydrogen-bond donors (Lipinski definition) is 0. The highest BCUT2D eigenvalue weighted by Crippen LogP contribution is 2.22. The molecule has 2 nitrogen and oxygen atoms in total. The van der Waals surface area contributed by atoms with Crippen molar-refractivity contribution >= 4 is 29.2 Å². The van der Waals surface area contributed by atoms with Gasteiger partial charge in [-0.05, 0) is 24.1 Å². The molecule has 0 radical (unpaired) electrons. The molecule has 4 heteroatoms. The van der Waals surface area contributed by atoms with Crippen molar-refractivity contribution in [2.75, 3.05) is 0 Å². The number of benzene rings is 1. The first-order valence-electron chi connectivity index (χ1n) is 5.73. The summed E-state index contributed by atoms with van der Waals surface area (Å²) in [5.74, 6) is -0.162. The van der Waals surface area contributed by atoms with E-state index < -0.39 is 0 Å². The van der Waals surface area contributed by atoms with E-state index in [1.165, 1.54) is 0 Å². The zero-order chi connectivity index (χ0) is 12.7. The molecular weight excluding hydrogens is 259 g/mol. The Bertz CT molecular complexity index is 378. The molecule has 0 atom stereocenters. The summed E-state index contributed by atoms with van der Waals surface area (Å²) in [6, 6.07) is 5.21. The number of unbranched alkanes of at least 4 members (excludes halogenated alkanes) is 2. The van der Waals surface area contributed by atoms with Crippen LogP contribution in [0.2, 0.25) is 10.0 Å². The number of hydrogen-bond acceptors (Lipinski definition) is 2. The summed E-state index contributed by atoms with van der Waals surface area (Å²) in [5, 5.41) is 0.982. The van der Waals surface area contributed by atoms with Gasteiger partial charge in [0.25, 0.3) is 0 Å². The highest BCUT2D eigenvalue weighted by atomic mass is 35.5. The van der Waals surface area contributed by atoms with Gasteiger partial charge in [0.1, 0.15) is 6.61 Å². The summed E-state index contributed by atoms with van der Waals surface area (Å²) in [5.41, 5.74) is 0.850. The minimum atomic E-state index is -0.162. The van der Waals surface area contributed by atoms with Gasteiger partial charge in [-0.2, -0.15) is 0 Å². The highest BCUT2D eigenvalue weighted by Gasteiger charge is 2.04. The van der Waals surface area contributed by atoms with Crippen molar-refractivity contribution in [1.29, 1.82) is 0 Å². The molecule has 1 aromatic rings. The third-order valence-corrected chi connectivity index (χ3v) is 3.11. The molecule has 0 aliphatic carbocycles. The summed E-state index contributed by atoms with van der Waals surface area (Å²) in [6.07, 6.45) is 3.52. The molecule has 0 saturated carbocycles. The summed E-state index contributed by atoms with van der Waals surface area (Å²) in [6.45, 7) is 2.35. The maximum absolute atomic E-state index is 11.4. The maximum atomic E-state index is 11.4. The Morgan fingerprint density at radius 2 is 2.00 bits per heavy atom. The Morgan fingerprint density at radius 3 is 2.65 bits per heavy atom. The van der Waals surface area contributed by atoms with Gasteiger partial charge in [-0.25, -0.2) is 0 Å². The van der Waals surface area contributed by atoms with Gasteiger partial charge in [0.05, 0.1) is 10.0 Å². The third kappa shape index (κ3) is 5.42. The van der Waals surface area contributed by atoms with Crippen molar-refractivity contribution in [2.45, 2.75) is 39.2 Å².